The smallest absolute Gasteiger partial charge is 0.217 e. The highest BCUT2D eigenvalue weighted by molar-refractivity contribution is 5.75. The molecule has 2 N–H and O–H groups in total. The summed E-state index contributed by atoms with van der Waals surface area (Å²) in [6, 6.07) is 3.37. The molecule has 0 aromatic carbocycles. The van der Waals surface area contributed by atoms with Gasteiger partial charge in [-0.25, -0.2) is 9.97 Å². The summed E-state index contributed by atoms with van der Waals surface area (Å²) < 4.78 is 12.5. The first kappa shape index (κ1) is 12.5. The van der Waals surface area contributed by atoms with E-state index in [1.165, 1.54) is 0 Å². The molecule has 7 nitrogen and oxygen atoms in total. The van der Waals surface area contributed by atoms with Gasteiger partial charge in [0.25, 0.3) is 0 Å². The summed E-state index contributed by atoms with van der Waals surface area (Å²) >= 11 is 0. The fraction of sp³-hybridized carbons (Fsp3) is 0.308. The van der Waals surface area contributed by atoms with Crippen molar-refractivity contribution >= 4 is 17.1 Å². The molecule has 0 bridgehead atoms. The molecule has 0 radical (unpaired) electrons. The number of hydrogen-bond donors (Lipinski definition) is 1. The minimum absolute atomic E-state index is 0.201. The minimum Gasteiger partial charge on any atom is -0.481 e. The summed E-state index contributed by atoms with van der Waals surface area (Å²) in [6.07, 6.45) is 1.68. The number of ether oxygens (including phenoxy) is 1. The van der Waals surface area contributed by atoms with Crippen LogP contribution in [-0.4, -0.2) is 26.6 Å². The number of aromatic nitrogens is 4. The van der Waals surface area contributed by atoms with Gasteiger partial charge >= 0.3 is 0 Å². The lowest BCUT2D eigenvalue weighted by Crippen LogP contribution is -2.11. The number of nitrogens with zero attached hydrogens (tertiary/aromatic N) is 4. The van der Waals surface area contributed by atoms with E-state index >= 15 is 0 Å². The van der Waals surface area contributed by atoms with Crippen molar-refractivity contribution in [2.75, 3.05) is 12.8 Å². The molecule has 3 aromatic rings. The Labute approximate surface area is 115 Å². The van der Waals surface area contributed by atoms with Crippen LogP contribution in [0, 0.1) is 6.92 Å². The zero-order chi connectivity index (χ0) is 14.3. The molecule has 0 saturated carbocycles. The quantitative estimate of drug-likeness (QED) is 0.783. The Morgan fingerprint density at radius 3 is 2.80 bits per heavy atom. The molecular weight excluding hydrogens is 258 g/mol. The Morgan fingerprint density at radius 1 is 1.35 bits per heavy atom. The van der Waals surface area contributed by atoms with Crippen LogP contribution in [0.4, 0.5) is 5.95 Å². The van der Waals surface area contributed by atoms with Crippen molar-refractivity contribution in [3.8, 4) is 5.88 Å². The number of rotatable bonds is 3. The van der Waals surface area contributed by atoms with Crippen molar-refractivity contribution in [1.29, 1.82) is 0 Å². The van der Waals surface area contributed by atoms with Crippen LogP contribution in [-0.2, 0) is 0 Å². The van der Waals surface area contributed by atoms with Crippen LogP contribution in [0.15, 0.2) is 22.7 Å². The van der Waals surface area contributed by atoms with E-state index < -0.39 is 0 Å². The number of nitrogen functional groups attached to an aromatic ring is 1. The summed E-state index contributed by atoms with van der Waals surface area (Å²) in [5.41, 5.74) is 7.34. The van der Waals surface area contributed by atoms with Gasteiger partial charge in [-0.3, -0.25) is 4.57 Å². The van der Waals surface area contributed by atoms with Crippen molar-refractivity contribution in [2.45, 2.75) is 19.9 Å². The number of fused-ring (bicyclic) bond motifs is 1. The number of methoxy groups -OCH3 is 1. The van der Waals surface area contributed by atoms with Gasteiger partial charge in [-0.2, -0.15) is 4.98 Å². The summed E-state index contributed by atoms with van der Waals surface area (Å²) in [6.45, 7) is 3.78. The highest BCUT2D eigenvalue weighted by Gasteiger charge is 2.20. The van der Waals surface area contributed by atoms with E-state index in [1.807, 2.05) is 19.9 Å². The Balaban J connectivity index is 2.16. The standard InChI is InChI=1S/C13H15N5O2/c1-7-6-15-12(20-7)8(2)18-11-9(16-13(18)14)4-5-10(17-11)19-3/h4-6,8H,1-3H3,(H2,14,16). The Bertz CT molecular complexity index is 761. The lowest BCUT2D eigenvalue weighted by molar-refractivity contribution is 0.397. The molecule has 7 heteroatoms. The van der Waals surface area contributed by atoms with E-state index in [2.05, 4.69) is 15.0 Å². The molecule has 20 heavy (non-hydrogen) atoms. The summed E-state index contributed by atoms with van der Waals surface area (Å²) in [7, 11) is 1.57. The van der Waals surface area contributed by atoms with Gasteiger partial charge in [-0.1, -0.05) is 0 Å². The van der Waals surface area contributed by atoms with Crippen molar-refractivity contribution in [3.05, 3.63) is 30.0 Å². The van der Waals surface area contributed by atoms with Gasteiger partial charge in [-0.15, -0.1) is 0 Å². The molecule has 0 amide bonds. The van der Waals surface area contributed by atoms with Crippen molar-refractivity contribution in [3.63, 3.8) is 0 Å². The third-order valence-electron chi connectivity index (χ3n) is 3.13. The van der Waals surface area contributed by atoms with Crippen LogP contribution < -0.4 is 10.5 Å². The van der Waals surface area contributed by atoms with Gasteiger partial charge in [-0.05, 0) is 19.9 Å². The second-order valence-corrected chi connectivity index (χ2v) is 4.52. The van der Waals surface area contributed by atoms with Crippen molar-refractivity contribution in [1.82, 2.24) is 19.5 Å². The van der Waals surface area contributed by atoms with Gasteiger partial charge in [0.15, 0.2) is 5.65 Å². The highest BCUT2D eigenvalue weighted by Crippen LogP contribution is 2.27. The number of anilines is 1. The lowest BCUT2D eigenvalue weighted by atomic mass is 10.3. The predicted molar refractivity (Wildman–Crippen MR) is 73.5 cm³/mol. The van der Waals surface area contributed by atoms with Crippen LogP contribution in [0.1, 0.15) is 24.6 Å². The van der Waals surface area contributed by atoms with E-state index in [9.17, 15) is 0 Å². The van der Waals surface area contributed by atoms with Crippen LogP contribution >= 0.6 is 0 Å². The molecule has 0 fully saturated rings. The first-order valence-corrected chi connectivity index (χ1v) is 6.21. The SMILES string of the molecule is COc1ccc2nc(N)n(C(C)c3ncc(C)o3)c2n1. The highest BCUT2D eigenvalue weighted by atomic mass is 16.5. The molecule has 3 rings (SSSR count). The summed E-state index contributed by atoms with van der Waals surface area (Å²) in [5.74, 6) is 2.19. The lowest BCUT2D eigenvalue weighted by Gasteiger charge is -2.12. The molecule has 3 heterocycles. The topological polar surface area (TPSA) is 92.0 Å². The molecule has 0 aliphatic carbocycles. The largest absolute Gasteiger partial charge is 0.481 e. The minimum atomic E-state index is -0.201. The molecule has 1 unspecified atom stereocenters. The van der Waals surface area contributed by atoms with Crippen molar-refractivity contribution < 1.29 is 9.15 Å². The molecule has 0 saturated heterocycles. The van der Waals surface area contributed by atoms with E-state index in [4.69, 9.17) is 14.9 Å². The van der Waals surface area contributed by atoms with Gasteiger partial charge < -0.3 is 14.9 Å². The number of nitrogens with two attached hydrogens (primary N) is 1. The first-order chi connectivity index (χ1) is 9.60. The van der Waals surface area contributed by atoms with Crippen molar-refractivity contribution in [2.24, 2.45) is 0 Å². The average Bonchev–Trinajstić information content (AvgIpc) is 3.00. The first-order valence-electron chi connectivity index (χ1n) is 6.21. The number of oxazole rings is 1. The molecule has 1 atom stereocenters. The second-order valence-electron chi connectivity index (χ2n) is 4.52. The average molecular weight is 273 g/mol. The van der Waals surface area contributed by atoms with Gasteiger partial charge in [0, 0.05) is 6.07 Å². The van der Waals surface area contributed by atoms with Gasteiger partial charge in [0.2, 0.25) is 17.7 Å². The second kappa shape index (κ2) is 4.52. The number of pyridine rings is 1. The number of hydrogen-bond acceptors (Lipinski definition) is 6. The molecule has 104 valence electrons. The van der Waals surface area contributed by atoms with Gasteiger partial charge in [0.05, 0.1) is 13.3 Å². The van der Waals surface area contributed by atoms with Crippen LogP contribution in [0.5, 0.6) is 5.88 Å². The zero-order valence-corrected chi connectivity index (χ0v) is 11.5. The van der Waals surface area contributed by atoms with E-state index in [0.29, 0.717) is 28.9 Å². The zero-order valence-electron chi connectivity index (χ0n) is 11.5. The predicted octanol–water partition coefficient (Wildman–Crippen LogP) is 1.93. The monoisotopic (exact) mass is 273 g/mol. The molecular formula is C13H15N5O2. The van der Waals surface area contributed by atoms with Crippen LogP contribution in [0.25, 0.3) is 11.2 Å². The van der Waals surface area contributed by atoms with Crippen LogP contribution in [0.3, 0.4) is 0 Å². The van der Waals surface area contributed by atoms with Crippen LogP contribution in [0.2, 0.25) is 0 Å². The molecule has 0 aliphatic rings. The molecule has 0 aliphatic heterocycles. The Kier molecular flexibility index (Phi) is 2.81. The number of aryl methyl sites for hydroxylation is 1. The van der Waals surface area contributed by atoms with E-state index in [1.54, 1.807) is 23.9 Å². The number of imidazole rings is 1. The summed E-state index contributed by atoms with van der Waals surface area (Å²) in [5, 5.41) is 0. The maximum Gasteiger partial charge on any atom is 0.217 e. The maximum atomic E-state index is 5.99. The Morgan fingerprint density at radius 2 is 2.15 bits per heavy atom. The maximum absolute atomic E-state index is 5.99. The Hall–Kier alpha value is -2.57. The third-order valence-corrected chi connectivity index (χ3v) is 3.13. The molecule has 3 aromatic heterocycles. The normalized spacial score (nSPS) is 12.8. The molecule has 0 spiro atoms. The fourth-order valence-electron chi connectivity index (χ4n) is 2.15. The fourth-order valence-corrected chi connectivity index (χ4v) is 2.15. The summed E-state index contributed by atoms with van der Waals surface area (Å²) in [4.78, 5) is 12.9. The third kappa shape index (κ3) is 1.87. The van der Waals surface area contributed by atoms with Gasteiger partial charge in [0.1, 0.15) is 17.3 Å². The van der Waals surface area contributed by atoms with E-state index in [0.717, 1.165) is 5.76 Å². The van der Waals surface area contributed by atoms with E-state index in [-0.39, 0.29) is 6.04 Å².